The van der Waals surface area contributed by atoms with Crippen LogP contribution in [-0.2, 0) is 6.61 Å². The molecular formula is C22H20FN3O2. The van der Waals surface area contributed by atoms with Crippen LogP contribution in [0.4, 0.5) is 14.9 Å². The maximum atomic E-state index is 13.6. The van der Waals surface area contributed by atoms with Crippen LogP contribution < -0.4 is 15.5 Å². The highest BCUT2D eigenvalue weighted by Gasteiger charge is 2.03. The average Bonchev–Trinajstić information content (AvgIpc) is 2.70. The average molecular weight is 377 g/mol. The van der Waals surface area contributed by atoms with Crippen molar-refractivity contribution in [2.75, 3.05) is 5.32 Å². The molecule has 0 aromatic heterocycles. The first-order valence-electron chi connectivity index (χ1n) is 8.74. The minimum atomic E-state index is -0.421. The number of benzene rings is 3. The lowest BCUT2D eigenvalue weighted by atomic mass is 10.2. The second-order valence-corrected chi connectivity index (χ2v) is 6.09. The van der Waals surface area contributed by atoms with Crippen LogP contribution >= 0.6 is 0 Å². The summed E-state index contributed by atoms with van der Waals surface area (Å²) >= 11 is 0. The van der Waals surface area contributed by atoms with Gasteiger partial charge in [-0.05, 0) is 54.4 Å². The number of aryl methyl sites for hydroxylation is 1. The highest BCUT2D eigenvalue weighted by Crippen LogP contribution is 2.15. The van der Waals surface area contributed by atoms with Crippen LogP contribution in [0.3, 0.4) is 0 Å². The molecule has 3 aromatic carbocycles. The smallest absolute Gasteiger partial charge is 0.339 e. The molecule has 3 rings (SSSR count). The summed E-state index contributed by atoms with van der Waals surface area (Å²) < 4.78 is 19.2. The van der Waals surface area contributed by atoms with E-state index in [1.54, 1.807) is 42.5 Å². The molecule has 0 saturated carbocycles. The van der Waals surface area contributed by atoms with E-state index < -0.39 is 6.03 Å². The van der Waals surface area contributed by atoms with Crippen molar-refractivity contribution in [1.29, 1.82) is 0 Å². The number of amides is 2. The Kier molecular flexibility index (Phi) is 6.36. The third-order valence-corrected chi connectivity index (χ3v) is 4.01. The van der Waals surface area contributed by atoms with Gasteiger partial charge in [0.15, 0.2) is 0 Å². The molecule has 2 amide bonds. The maximum absolute atomic E-state index is 13.6. The molecule has 0 aliphatic carbocycles. The van der Waals surface area contributed by atoms with Gasteiger partial charge in [0.1, 0.15) is 18.2 Å². The summed E-state index contributed by atoms with van der Waals surface area (Å²) in [4.78, 5) is 11.9. The summed E-state index contributed by atoms with van der Waals surface area (Å²) in [6.07, 6.45) is 1.53. The SMILES string of the molecule is Cc1ccccc1NC(=O)NN=Cc1ccc(OCc2ccccc2F)cc1. The zero-order valence-corrected chi connectivity index (χ0v) is 15.4. The Hall–Kier alpha value is -3.67. The summed E-state index contributed by atoms with van der Waals surface area (Å²) in [6.45, 7) is 2.06. The fourth-order valence-corrected chi connectivity index (χ4v) is 2.46. The van der Waals surface area contributed by atoms with Gasteiger partial charge in [0.25, 0.3) is 0 Å². The number of rotatable bonds is 6. The van der Waals surface area contributed by atoms with Gasteiger partial charge >= 0.3 is 6.03 Å². The van der Waals surface area contributed by atoms with Gasteiger partial charge < -0.3 is 10.1 Å². The third-order valence-electron chi connectivity index (χ3n) is 4.01. The van der Waals surface area contributed by atoms with Crippen LogP contribution in [0.15, 0.2) is 77.9 Å². The van der Waals surface area contributed by atoms with Crippen molar-refractivity contribution in [1.82, 2.24) is 5.43 Å². The van der Waals surface area contributed by atoms with Gasteiger partial charge in [-0.15, -0.1) is 0 Å². The summed E-state index contributed by atoms with van der Waals surface area (Å²) in [6, 6.07) is 20.7. The molecule has 3 aromatic rings. The number of nitrogens with zero attached hydrogens (tertiary/aromatic N) is 1. The molecule has 0 spiro atoms. The number of hydrogen-bond donors (Lipinski definition) is 2. The molecule has 2 N–H and O–H groups in total. The number of carbonyl (C=O) groups is 1. The van der Waals surface area contributed by atoms with E-state index in [-0.39, 0.29) is 12.4 Å². The quantitative estimate of drug-likeness (QED) is 0.476. The summed E-state index contributed by atoms with van der Waals surface area (Å²) in [5.41, 5.74) is 5.40. The van der Waals surface area contributed by atoms with Crippen molar-refractivity contribution in [2.45, 2.75) is 13.5 Å². The second-order valence-electron chi connectivity index (χ2n) is 6.09. The van der Waals surface area contributed by atoms with Crippen LogP contribution in [0.2, 0.25) is 0 Å². The first-order chi connectivity index (χ1) is 13.6. The van der Waals surface area contributed by atoms with Crippen LogP contribution in [0.1, 0.15) is 16.7 Å². The predicted molar refractivity (Wildman–Crippen MR) is 108 cm³/mol. The molecule has 0 radical (unpaired) electrons. The highest BCUT2D eigenvalue weighted by molar-refractivity contribution is 5.91. The highest BCUT2D eigenvalue weighted by atomic mass is 19.1. The summed E-state index contributed by atoms with van der Waals surface area (Å²) in [7, 11) is 0. The van der Waals surface area contributed by atoms with Crippen molar-refractivity contribution in [3.63, 3.8) is 0 Å². The molecule has 0 unspecified atom stereocenters. The van der Waals surface area contributed by atoms with Crippen LogP contribution in [0.25, 0.3) is 0 Å². The van der Waals surface area contributed by atoms with E-state index in [4.69, 9.17) is 4.74 Å². The zero-order chi connectivity index (χ0) is 19.8. The van der Waals surface area contributed by atoms with Crippen LogP contribution in [0.5, 0.6) is 5.75 Å². The Balaban J connectivity index is 1.49. The Morgan fingerprint density at radius 2 is 1.75 bits per heavy atom. The predicted octanol–water partition coefficient (Wildman–Crippen LogP) is 4.87. The molecule has 0 saturated heterocycles. The molecule has 0 bridgehead atoms. The van der Waals surface area contributed by atoms with Gasteiger partial charge in [-0.2, -0.15) is 5.10 Å². The number of anilines is 1. The molecule has 0 aliphatic heterocycles. The van der Waals surface area contributed by atoms with Gasteiger partial charge in [-0.3, -0.25) is 0 Å². The van der Waals surface area contributed by atoms with E-state index >= 15 is 0 Å². The lowest BCUT2D eigenvalue weighted by molar-refractivity contribution is 0.252. The zero-order valence-electron chi connectivity index (χ0n) is 15.4. The number of ether oxygens (including phenoxy) is 1. The molecular weight excluding hydrogens is 357 g/mol. The minimum Gasteiger partial charge on any atom is -0.489 e. The largest absolute Gasteiger partial charge is 0.489 e. The fourth-order valence-electron chi connectivity index (χ4n) is 2.46. The number of carbonyl (C=O) groups excluding carboxylic acids is 1. The van der Waals surface area contributed by atoms with Gasteiger partial charge in [0, 0.05) is 11.3 Å². The molecule has 28 heavy (non-hydrogen) atoms. The second kappa shape index (κ2) is 9.32. The Bertz CT molecular complexity index is 972. The number of urea groups is 1. The van der Waals surface area contributed by atoms with E-state index in [1.807, 2.05) is 31.2 Å². The Morgan fingerprint density at radius 3 is 2.50 bits per heavy atom. The van der Waals surface area contributed by atoms with Crippen molar-refractivity contribution >= 4 is 17.9 Å². The Labute approximate surface area is 162 Å². The lowest BCUT2D eigenvalue weighted by Gasteiger charge is -2.07. The molecule has 142 valence electrons. The van der Waals surface area contributed by atoms with E-state index in [9.17, 15) is 9.18 Å². The van der Waals surface area contributed by atoms with E-state index in [1.165, 1.54) is 12.3 Å². The lowest BCUT2D eigenvalue weighted by Crippen LogP contribution is -2.24. The van der Waals surface area contributed by atoms with Gasteiger partial charge in [-0.1, -0.05) is 36.4 Å². The molecule has 0 atom stereocenters. The van der Waals surface area contributed by atoms with Crippen molar-refractivity contribution in [2.24, 2.45) is 5.10 Å². The molecule has 6 heteroatoms. The number of nitrogens with one attached hydrogen (secondary N) is 2. The van der Waals surface area contributed by atoms with Crippen LogP contribution in [-0.4, -0.2) is 12.2 Å². The number of hydrogen-bond acceptors (Lipinski definition) is 3. The third kappa shape index (κ3) is 5.41. The van der Waals surface area contributed by atoms with Gasteiger partial charge in [0.05, 0.1) is 6.21 Å². The van der Waals surface area contributed by atoms with Gasteiger partial charge in [-0.25, -0.2) is 14.6 Å². The number of hydrazone groups is 1. The fraction of sp³-hybridized carbons (Fsp3) is 0.0909. The molecule has 0 fully saturated rings. The molecule has 5 nitrogen and oxygen atoms in total. The van der Waals surface area contributed by atoms with Crippen molar-refractivity contribution in [3.8, 4) is 5.75 Å². The minimum absolute atomic E-state index is 0.154. The summed E-state index contributed by atoms with van der Waals surface area (Å²) in [5.74, 6) is 0.326. The maximum Gasteiger partial charge on any atom is 0.339 e. The van der Waals surface area contributed by atoms with E-state index in [0.29, 0.717) is 11.3 Å². The van der Waals surface area contributed by atoms with Crippen molar-refractivity contribution < 1.29 is 13.9 Å². The first-order valence-corrected chi connectivity index (χ1v) is 8.74. The number of halogens is 1. The number of para-hydroxylation sites is 1. The monoisotopic (exact) mass is 377 g/mol. The molecule has 0 aliphatic rings. The standard InChI is InChI=1S/C22H20FN3O2/c1-16-6-2-5-9-21(16)25-22(27)26-24-14-17-10-12-19(13-11-17)28-15-18-7-3-4-8-20(18)23/h2-14H,15H2,1H3,(H2,25,26,27). The van der Waals surface area contributed by atoms with E-state index in [0.717, 1.165) is 16.8 Å². The normalized spacial score (nSPS) is 10.6. The Morgan fingerprint density at radius 1 is 1.04 bits per heavy atom. The summed E-state index contributed by atoms with van der Waals surface area (Å²) in [5, 5.41) is 6.65. The topological polar surface area (TPSA) is 62.7 Å². The first kappa shape index (κ1) is 19.1. The van der Waals surface area contributed by atoms with Crippen LogP contribution in [0, 0.1) is 12.7 Å². The van der Waals surface area contributed by atoms with Gasteiger partial charge in [0.2, 0.25) is 0 Å². The van der Waals surface area contributed by atoms with Crippen molar-refractivity contribution in [3.05, 3.63) is 95.3 Å². The molecule has 0 heterocycles. The van der Waals surface area contributed by atoms with E-state index in [2.05, 4.69) is 15.8 Å².